The summed E-state index contributed by atoms with van der Waals surface area (Å²) in [7, 11) is 0. The van der Waals surface area contributed by atoms with E-state index in [9.17, 15) is 9.90 Å². The molecule has 1 atom stereocenters. The molecular formula is C23H36N4O2. The van der Waals surface area contributed by atoms with Crippen LogP contribution in [0.3, 0.4) is 0 Å². The van der Waals surface area contributed by atoms with Gasteiger partial charge in [-0.1, -0.05) is 6.07 Å². The third-order valence-electron chi connectivity index (χ3n) is 7.19. The van der Waals surface area contributed by atoms with E-state index in [4.69, 9.17) is 0 Å². The normalized spacial score (nSPS) is 26.0. The van der Waals surface area contributed by atoms with Crippen LogP contribution in [0.5, 0.6) is 0 Å². The molecule has 6 nitrogen and oxygen atoms in total. The van der Waals surface area contributed by atoms with Gasteiger partial charge in [0.1, 0.15) is 0 Å². The SMILES string of the molecule is O=C(C1CCCN(C2CCN(Cc3cccnc3)CC2)C1)N1CCC(CO)CC1. The highest BCUT2D eigenvalue weighted by molar-refractivity contribution is 5.79. The number of rotatable bonds is 5. The Morgan fingerprint density at radius 3 is 2.55 bits per heavy atom. The Morgan fingerprint density at radius 1 is 1.07 bits per heavy atom. The summed E-state index contributed by atoms with van der Waals surface area (Å²) < 4.78 is 0. The average molecular weight is 401 g/mol. The Hall–Kier alpha value is -1.50. The summed E-state index contributed by atoms with van der Waals surface area (Å²) in [6.45, 7) is 7.24. The lowest BCUT2D eigenvalue weighted by Gasteiger charge is -2.43. The highest BCUT2D eigenvalue weighted by Gasteiger charge is 2.34. The van der Waals surface area contributed by atoms with Crippen LogP contribution in [0.4, 0.5) is 0 Å². The van der Waals surface area contributed by atoms with Crippen LogP contribution in [-0.4, -0.2) is 82.6 Å². The van der Waals surface area contributed by atoms with Crippen molar-refractivity contribution in [3.63, 3.8) is 0 Å². The molecule has 0 spiro atoms. The van der Waals surface area contributed by atoms with E-state index in [1.165, 1.54) is 18.4 Å². The molecule has 0 aliphatic carbocycles. The van der Waals surface area contributed by atoms with Gasteiger partial charge in [0.15, 0.2) is 0 Å². The molecule has 4 heterocycles. The summed E-state index contributed by atoms with van der Waals surface area (Å²) >= 11 is 0. The zero-order chi connectivity index (χ0) is 20.1. The van der Waals surface area contributed by atoms with Crippen molar-refractivity contribution in [3.8, 4) is 0 Å². The summed E-state index contributed by atoms with van der Waals surface area (Å²) in [6, 6.07) is 4.79. The van der Waals surface area contributed by atoms with Crippen molar-refractivity contribution in [1.29, 1.82) is 0 Å². The van der Waals surface area contributed by atoms with E-state index in [0.717, 1.165) is 71.5 Å². The molecule has 0 aromatic carbocycles. The van der Waals surface area contributed by atoms with E-state index < -0.39 is 0 Å². The van der Waals surface area contributed by atoms with Gasteiger partial charge in [-0.05, 0) is 75.7 Å². The van der Waals surface area contributed by atoms with E-state index in [-0.39, 0.29) is 12.5 Å². The Morgan fingerprint density at radius 2 is 1.86 bits per heavy atom. The van der Waals surface area contributed by atoms with Crippen molar-refractivity contribution in [2.45, 2.75) is 51.1 Å². The molecule has 4 rings (SSSR count). The van der Waals surface area contributed by atoms with Crippen LogP contribution in [0.2, 0.25) is 0 Å². The number of amides is 1. The molecule has 3 saturated heterocycles. The topological polar surface area (TPSA) is 59.9 Å². The molecule has 6 heteroatoms. The van der Waals surface area contributed by atoms with E-state index in [0.29, 0.717) is 17.9 Å². The lowest BCUT2D eigenvalue weighted by Crippen LogP contribution is -2.52. The predicted molar refractivity (Wildman–Crippen MR) is 113 cm³/mol. The summed E-state index contributed by atoms with van der Waals surface area (Å²) in [4.78, 5) is 24.5. The van der Waals surface area contributed by atoms with Gasteiger partial charge in [-0.2, -0.15) is 0 Å². The number of aliphatic hydroxyl groups is 1. The number of nitrogens with zero attached hydrogens (tertiary/aromatic N) is 4. The van der Waals surface area contributed by atoms with Crippen molar-refractivity contribution in [2.75, 3.05) is 45.9 Å². The van der Waals surface area contributed by atoms with Gasteiger partial charge in [0, 0.05) is 51.2 Å². The number of piperidine rings is 3. The van der Waals surface area contributed by atoms with Crippen LogP contribution < -0.4 is 0 Å². The van der Waals surface area contributed by atoms with Crippen molar-refractivity contribution in [1.82, 2.24) is 19.7 Å². The number of aromatic nitrogens is 1. The number of aliphatic hydroxyl groups excluding tert-OH is 1. The maximum Gasteiger partial charge on any atom is 0.226 e. The number of carbonyl (C=O) groups is 1. The standard InChI is InChI=1S/C23H36N4O2/c28-18-19-5-13-26(14-6-19)23(29)21-4-2-10-27(17-21)22-7-11-25(12-8-22)16-20-3-1-9-24-15-20/h1,3,9,15,19,21-22,28H,2,4-8,10-14,16-18H2. The van der Waals surface area contributed by atoms with Crippen LogP contribution in [0.15, 0.2) is 24.5 Å². The number of hydrogen-bond donors (Lipinski definition) is 1. The molecule has 160 valence electrons. The van der Waals surface area contributed by atoms with Gasteiger partial charge in [-0.3, -0.25) is 19.6 Å². The van der Waals surface area contributed by atoms with Gasteiger partial charge in [0.25, 0.3) is 0 Å². The van der Waals surface area contributed by atoms with Crippen LogP contribution in [-0.2, 0) is 11.3 Å². The van der Waals surface area contributed by atoms with Crippen molar-refractivity contribution < 1.29 is 9.90 Å². The maximum atomic E-state index is 13.1. The first kappa shape index (κ1) is 20.8. The first-order chi connectivity index (χ1) is 14.2. The second-order valence-corrected chi connectivity index (χ2v) is 9.15. The second kappa shape index (κ2) is 10.0. The molecule has 1 N–H and O–H groups in total. The van der Waals surface area contributed by atoms with Gasteiger partial charge in [-0.15, -0.1) is 0 Å². The largest absolute Gasteiger partial charge is 0.396 e. The van der Waals surface area contributed by atoms with Crippen LogP contribution in [0.1, 0.15) is 44.1 Å². The lowest BCUT2D eigenvalue weighted by atomic mass is 9.91. The van der Waals surface area contributed by atoms with E-state index >= 15 is 0 Å². The molecule has 3 aliphatic rings. The maximum absolute atomic E-state index is 13.1. The Kier molecular flexibility index (Phi) is 7.16. The molecule has 1 aromatic heterocycles. The Balaban J connectivity index is 1.24. The first-order valence-corrected chi connectivity index (χ1v) is 11.5. The minimum Gasteiger partial charge on any atom is -0.396 e. The molecule has 0 radical (unpaired) electrons. The van der Waals surface area contributed by atoms with E-state index in [2.05, 4.69) is 25.8 Å². The summed E-state index contributed by atoms with van der Waals surface area (Å²) in [5.74, 6) is 0.918. The highest BCUT2D eigenvalue weighted by Crippen LogP contribution is 2.27. The zero-order valence-electron chi connectivity index (χ0n) is 17.6. The summed E-state index contributed by atoms with van der Waals surface area (Å²) in [5.41, 5.74) is 1.29. The second-order valence-electron chi connectivity index (χ2n) is 9.15. The third-order valence-corrected chi connectivity index (χ3v) is 7.19. The molecule has 1 unspecified atom stereocenters. The monoisotopic (exact) mass is 400 g/mol. The third kappa shape index (κ3) is 5.36. The quantitative estimate of drug-likeness (QED) is 0.819. The fraction of sp³-hybridized carbons (Fsp3) is 0.739. The van der Waals surface area contributed by atoms with Crippen molar-refractivity contribution in [3.05, 3.63) is 30.1 Å². The van der Waals surface area contributed by atoms with Crippen LogP contribution in [0.25, 0.3) is 0 Å². The smallest absolute Gasteiger partial charge is 0.226 e. The van der Waals surface area contributed by atoms with Crippen LogP contribution >= 0.6 is 0 Å². The molecule has 3 aliphatic heterocycles. The van der Waals surface area contributed by atoms with Gasteiger partial charge in [0.05, 0.1) is 5.92 Å². The fourth-order valence-corrected chi connectivity index (χ4v) is 5.33. The van der Waals surface area contributed by atoms with Crippen molar-refractivity contribution in [2.24, 2.45) is 11.8 Å². The molecule has 0 saturated carbocycles. The molecule has 1 amide bonds. The summed E-state index contributed by atoms with van der Waals surface area (Å²) in [5, 5.41) is 9.33. The summed E-state index contributed by atoms with van der Waals surface area (Å²) in [6.07, 6.45) is 10.3. The van der Waals surface area contributed by atoms with Gasteiger partial charge >= 0.3 is 0 Å². The number of pyridine rings is 1. The molecular weight excluding hydrogens is 364 g/mol. The van der Waals surface area contributed by atoms with E-state index in [1.54, 1.807) is 0 Å². The number of carbonyl (C=O) groups excluding carboxylic acids is 1. The van der Waals surface area contributed by atoms with Gasteiger partial charge in [0.2, 0.25) is 5.91 Å². The van der Waals surface area contributed by atoms with Gasteiger partial charge in [-0.25, -0.2) is 0 Å². The first-order valence-electron chi connectivity index (χ1n) is 11.5. The molecule has 0 bridgehead atoms. The zero-order valence-corrected chi connectivity index (χ0v) is 17.6. The van der Waals surface area contributed by atoms with E-state index in [1.807, 2.05) is 18.5 Å². The molecule has 1 aromatic rings. The minimum absolute atomic E-state index is 0.169. The van der Waals surface area contributed by atoms with Gasteiger partial charge < -0.3 is 10.0 Å². The fourth-order valence-electron chi connectivity index (χ4n) is 5.33. The number of likely N-dealkylation sites (tertiary alicyclic amines) is 3. The molecule has 29 heavy (non-hydrogen) atoms. The lowest BCUT2D eigenvalue weighted by molar-refractivity contribution is -0.139. The average Bonchev–Trinajstić information content (AvgIpc) is 2.80. The van der Waals surface area contributed by atoms with Crippen molar-refractivity contribution >= 4 is 5.91 Å². The highest BCUT2D eigenvalue weighted by atomic mass is 16.3. The molecule has 3 fully saturated rings. The predicted octanol–water partition coefficient (Wildman–Crippen LogP) is 1.99. The Labute approximate surface area is 174 Å². The minimum atomic E-state index is 0.169. The number of hydrogen-bond acceptors (Lipinski definition) is 5. The van der Waals surface area contributed by atoms with Crippen LogP contribution in [0, 0.1) is 11.8 Å². The Bertz CT molecular complexity index is 640.